The van der Waals surface area contributed by atoms with Crippen LogP contribution in [0, 0.1) is 0 Å². The lowest BCUT2D eigenvalue weighted by molar-refractivity contribution is 0.0527. The molecular weight excluding hydrogens is 488 g/mol. The number of thiophene rings is 1. The number of methoxy groups -OCH3 is 3. The summed E-state index contributed by atoms with van der Waals surface area (Å²) in [7, 11) is 4.24. The van der Waals surface area contributed by atoms with Gasteiger partial charge in [-0.3, -0.25) is 0 Å². The summed E-state index contributed by atoms with van der Waals surface area (Å²) in [5, 5.41) is 6.77. The molecule has 0 spiro atoms. The van der Waals surface area contributed by atoms with E-state index in [4.69, 9.17) is 31.2 Å². The van der Waals surface area contributed by atoms with E-state index in [9.17, 15) is 9.59 Å². The number of anilines is 2. The average Bonchev–Trinajstić information content (AvgIpc) is 3.25. The topological polar surface area (TPSA) is 95.1 Å². The number of thiocarbonyl (C=S) groups is 1. The molecule has 0 atom stereocenters. The van der Waals surface area contributed by atoms with E-state index in [-0.39, 0.29) is 17.3 Å². The number of rotatable bonds is 9. The van der Waals surface area contributed by atoms with Crippen molar-refractivity contribution in [2.45, 2.75) is 13.3 Å². The quantitative estimate of drug-likeness (QED) is 0.298. The first kappa shape index (κ1) is 26.0. The van der Waals surface area contributed by atoms with Crippen LogP contribution >= 0.6 is 23.6 Å². The zero-order valence-corrected chi connectivity index (χ0v) is 21.4. The lowest BCUT2D eigenvalue weighted by Gasteiger charge is -2.16. The molecule has 0 amide bonds. The Kier molecular flexibility index (Phi) is 9.04. The Morgan fingerprint density at radius 1 is 0.914 bits per heavy atom. The summed E-state index contributed by atoms with van der Waals surface area (Å²) in [5.74, 6) is -0.260. The highest BCUT2D eigenvalue weighted by molar-refractivity contribution is 7.80. The van der Waals surface area contributed by atoms with Gasteiger partial charge in [-0.2, -0.15) is 0 Å². The molecule has 0 saturated heterocycles. The lowest BCUT2D eigenvalue weighted by Crippen LogP contribution is -2.22. The third kappa shape index (κ3) is 6.49. The van der Waals surface area contributed by atoms with Gasteiger partial charge in [0.25, 0.3) is 0 Å². The smallest absolute Gasteiger partial charge is 0.341 e. The molecule has 2 N–H and O–H groups in total. The fourth-order valence-corrected chi connectivity index (χ4v) is 4.66. The second-order valence-corrected chi connectivity index (χ2v) is 8.71. The number of hydrogen-bond acceptors (Lipinski definition) is 8. The average molecular weight is 515 g/mol. The zero-order chi connectivity index (χ0) is 25.4. The molecule has 0 fully saturated rings. The standard InChI is InChI=1S/C25H26N2O6S2/c1-5-33-24(29)18-12-16(11-15-9-7-6-8-10-15)35-22(18)27-25(34)26-19-14-21(31-3)20(30-2)13-17(19)23(28)32-4/h6-10,12-14H,5,11H2,1-4H3,(H2,26,27,34). The predicted molar refractivity (Wildman–Crippen MR) is 140 cm³/mol. The Balaban J connectivity index is 1.89. The maximum atomic E-state index is 12.6. The van der Waals surface area contributed by atoms with E-state index in [2.05, 4.69) is 10.6 Å². The molecule has 8 nitrogen and oxygen atoms in total. The van der Waals surface area contributed by atoms with E-state index in [1.807, 2.05) is 30.3 Å². The molecule has 0 aliphatic rings. The van der Waals surface area contributed by atoms with E-state index in [1.165, 1.54) is 38.7 Å². The largest absolute Gasteiger partial charge is 0.493 e. The molecule has 2 aromatic carbocycles. The fourth-order valence-electron chi connectivity index (χ4n) is 3.30. The summed E-state index contributed by atoms with van der Waals surface area (Å²) in [5.41, 5.74) is 2.05. The van der Waals surface area contributed by atoms with Crippen LogP contribution in [0.25, 0.3) is 0 Å². The van der Waals surface area contributed by atoms with Crippen LogP contribution in [0.5, 0.6) is 11.5 Å². The van der Waals surface area contributed by atoms with Gasteiger partial charge in [-0.15, -0.1) is 11.3 Å². The predicted octanol–water partition coefficient (Wildman–Crippen LogP) is 5.13. The van der Waals surface area contributed by atoms with Crippen LogP contribution < -0.4 is 20.1 Å². The van der Waals surface area contributed by atoms with Crippen molar-refractivity contribution in [1.29, 1.82) is 0 Å². The van der Waals surface area contributed by atoms with Gasteiger partial charge in [-0.05, 0) is 30.8 Å². The number of nitrogens with one attached hydrogen (secondary N) is 2. The summed E-state index contributed by atoms with van der Waals surface area (Å²) in [4.78, 5) is 25.9. The van der Waals surface area contributed by atoms with E-state index in [0.717, 1.165) is 10.4 Å². The van der Waals surface area contributed by atoms with Crippen molar-refractivity contribution >= 4 is 51.3 Å². The van der Waals surface area contributed by atoms with E-state index >= 15 is 0 Å². The number of carbonyl (C=O) groups excluding carboxylic acids is 2. The van der Waals surface area contributed by atoms with Crippen molar-refractivity contribution in [2.24, 2.45) is 0 Å². The maximum Gasteiger partial charge on any atom is 0.341 e. The molecule has 3 rings (SSSR count). The normalized spacial score (nSPS) is 10.3. The van der Waals surface area contributed by atoms with Crippen molar-refractivity contribution in [2.75, 3.05) is 38.6 Å². The highest BCUT2D eigenvalue weighted by Crippen LogP contribution is 2.35. The Bertz CT molecular complexity index is 1210. The maximum absolute atomic E-state index is 12.6. The van der Waals surface area contributed by atoms with Crippen LogP contribution in [0.4, 0.5) is 10.7 Å². The van der Waals surface area contributed by atoms with Crippen LogP contribution in [0.2, 0.25) is 0 Å². The molecular formula is C25H26N2O6S2. The van der Waals surface area contributed by atoms with Crippen LogP contribution in [0.1, 0.15) is 38.1 Å². The monoisotopic (exact) mass is 514 g/mol. The molecule has 1 heterocycles. The minimum Gasteiger partial charge on any atom is -0.493 e. The molecule has 35 heavy (non-hydrogen) atoms. The van der Waals surface area contributed by atoms with Gasteiger partial charge < -0.3 is 29.6 Å². The van der Waals surface area contributed by atoms with Gasteiger partial charge in [-0.25, -0.2) is 9.59 Å². The molecule has 0 bridgehead atoms. The second-order valence-electron chi connectivity index (χ2n) is 7.16. The fraction of sp³-hybridized carbons (Fsp3) is 0.240. The summed E-state index contributed by atoms with van der Waals surface area (Å²) >= 11 is 6.90. The van der Waals surface area contributed by atoms with Gasteiger partial charge in [0, 0.05) is 23.4 Å². The summed E-state index contributed by atoms with van der Waals surface area (Å²) in [6, 6.07) is 14.8. The van der Waals surface area contributed by atoms with E-state index in [1.54, 1.807) is 19.1 Å². The molecule has 0 aliphatic carbocycles. The Labute approximate surface area is 213 Å². The number of hydrogen-bond donors (Lipinski definition) is 2. The van der Waals surface area contributed by atoms with Gasteiger partial charge in [0.15, 0.2) is 16.6 Å². The summed E-state index contributed by atoms with van der Waals surface area (Å²) in [6.45, 7) is 2.00. The van der Waals surface area contributed by atoms with Gasteiger partial charge in [0.05, 0.1) is 44.8 Å². The first-order valence-electron chi connectivity index (χ1n) is 10.7. The summed E-state index contributed by atoms with van der Waals surface area (Å²) < 4.78 is 20.7. The molecule has 0 saturated carbocycles. The molecule has 3 aromatic rings. The first-order chi connectivity index (χ1) is 16.9. The number of carbonyl (C=O) groups is 2. The van der Waals surface area contributed by atoms with Crippen molar-refractivity contribution in [3.05, 3.63) is 70.1 Å². The lowest BCUT2D eigenvalue weighted by atomic mass is 10.1. The third-order valence-electron chi connectivity index (χ3n) is 4.90. The van der Waals surface area contributed by atoms with Gasteiger partial charge in [-0.1, -0.05) is 30.3 Å². The zero-order valence-electron chi connectivity index (χ0n) is 19.8. The van der Waals surface area contributed by atoms with Crippen molar-refractivity contribution in [1.82, 2.24) is 0 Å². The van der Waals surface area contributed by atoms with Crippen molar-refractivity contribution < 1.29 is 28.5 Å². The van der Waals surface area contributed by atoms with Crippen LogP contribution in [0.3, 0.4) is 0 Å². The van der Waals surface area contributed by atoms with E-state index in [0.29, 0.717) is 34.2 Å². The van der Waals surface area contributed by atoms with Gasteiger partial charge in [0.1, 0.15) is 5.00 Å². The van der Waals surface area contributed by atoms with Gasteiger partial charge in [0.2, 0.25) is 0 Å². The van der Waals surface area contributed by atoms with Gasteiger partial charge >= 0.3 is 11.9 Å². The number of esters is 2. The van der Waals surface area contributed by atoms with Crippen LogP contribution in [0.15, 0.2) is 48.5 Å². The SMILES string of the molecule is CCOC(=O)c1cc(Cc2ccccc2)sc1NC(=S)Nc1cc(OC)c(OC)cc1C(=O)OC. The number of benzene rings is 2. The van der Waals surface area contributed by atoms with Crippen LogP contribution in [-0.4, -0.2) is 45.0 Å². The van der Waals surface area contributed by atoms with E-state index < -0.39 is 11.9 Å². The molecule has 1 aromatic heterocycles. The second kappa shape index (κ2) is 12.2. The third-order valence-corrected chi connectivity index (χ3v) is 6.16. The molecule has 0 radical (unpaired) electrons. The molecule has 0 unspecified atom stereocenters. The van der Waals surface area contributed by atoms with Crippen molar-refractivity contribution in [3.63, 3.8) is 0 Å². The number of ether oxygens (including phenoxy) is 4. The summed E-state index contributed by atoms with van der Waals surface area (Å²) in [6.07, 6.45) is 0.655. The Morgan fingerprint density at radius 3 is 2.23 bits per heavy atom. The highest BCUT2D eigenvalue weighted by Gasteiger charge is 2.21. The molecule has 184 valence electrons. The molecule has 10 heteroatoms. The van der Waals surface area contributed by atoms with Crippen molar-refractivity contribution in [3.8, 4) is 11.5 Å². The highest BCUT2D eigenvalue weighted by atomic mass is 32.1. The first-order valence-corrected chi connectivity index (χ1v) is 11.9. The Hall–Kier alpha value is -3.63. The van der Waals surface area contributed by atoms with Crippen LogP contribution in [-0.2, 0) is 15.9 Å². The Morgan fingerprint density at radius 2 is 1.60 bits per heavy atom. The minimum atomic E-state index is -0.579. The molecule has 0 aliphatic heterocycles. The minimum absolute atomic E-state index is 0.168.